The van der Waals surface area contributed by atoms with Gasteiger partial charge in [-0.05, 0) is 30.7 Å². The molecule has 0 saturated heterocycles. The normalized spacial score (nSPS) is 11.1. The molecule has 0 aliphatic rings. The second kappa shape index (κ2) is 6.90. The highest BCUT2D eigenvalue weighted by Gasteiger charge is 2.06. The molecule has 0 amide bonds. The molecular weight excluding hydrogens is 320 g/mol. The topological polar surface area (TPSA) is 47.3 Å². The molecule has 0 fully saturated rings. The first-order valence-electron chi connectivity index (χ1n) is 6.61. The third-order valence-electron chi connectivity index (χ3n) is 2.78. The van der Waals surface area contributed by atoms with Crippen LogP contribution in [-0.2, 0) is 13.2 Å². The van der Waals surface area contributed by atoms with Crippen LogP contribution in [0.1, 0.15) is 30.9 Å². The van der Waals surface area contributed by atoms with Crippen LogP contribution in [0.2, 0.25) is 0 Å². The second-order valence-corrected chi connectivity index (χ2v) is 5.87. The lowest BCUT2D eigenvalue weighted by Crippen LogP contribution is -2.22. The van der Waals surface area contributed by atoms with Gasteiger partial charge in [-0.2, -0.15) is 0 Å². The summed E-state index contributed by atoms with van der Waals surface area (Å²) in [6, 6.07) is 8.29. The van der Waals surface area contributed by atoms with Crippen molar-refractivity contribution in [3.63, 3.8) is 0 Å². The van der Waals surface area contributed by atoms with Gasteiger partial charge < -0.3 is 14.6 Å². The molecule has 0 spiro atoms. The SMILES string of the molecule is Cc1cc(COc2ccc(Br)c(CNC(C)C)c2)on1. The van der Waals surface area contributed by atoms with Gasteiger partial charge in [0.25, 0.3) is 0 Å². The van der Waals surface area contributed by atoms with Gasteiger partial charge in [-0.25, -0.2) is 0 Å². The molecule has 0 atom stereocenters. The average Bonchev–Trinajstić information content (AvgIpc) is 2.82. The molecule has 20 heavy (non-hydrogen) atoms. The molecule has 0 radical (unpaired) electrons. The summed E-state index contributed by atoms with van der Waals surface area (Å²) < 4.78 is 11.9. The summed E-state index contributed by atoms with van der Waals surface area (Å²) in [6.07, 6.45) is 0. The van der Waals surface area contributed by atoms with Crippen LogP contribution in [0.25, 0.3) is 0 Å². The third kappa shape index (κ3) is 4.35. The lowest BCUT2D eigenvalue weighted by molar-refractivity contribution is 0.248. The van der Waals surface area contributed by atoms with Crippen molar-refractivity contribution in [1.82, 2.24) is 10.5 Å². The van der Waals surface area contributed by atoms with Crippen LogP contribution in [0.3, 0.4) is 0 Å². The fourth-order valence-corrected chi connectivity index (χ4v) is 2.12. The summed E-state index contributed by atoms with van der Waals surface area (Å²) in [5.41, 5.74) is 2.03. The van der Waals surface area contributed by atoms with E-state index >= 15 is 0 Å². The lowest BCUT2D eigenvalue weighted by Gasteiger charge is -2.11. The summed E-state index contributed by atoms with van der Waals surface area (Å²) in [7, 11) is 0. The molecule has 0 aliphatic carbocycles. The average molecular weight is 339 g/mol. The van der Waals surface area contributed by atoms with Gasteiger partial charge in [-0.1, -0.05) is 34.9 Å². The molecule has 108 valence electrons. The monoisotopic (exact) mass is 338 g/mol. The Labute approximate surface area is 127 Å². The zero-order valence-electron chi connectivity index (χ0n) is 11.9. The van der Waals surface area contributed by atoms with E-state index in [1.807, 2.05) is 31.2 Å². The minimum Gasteiger partial charge on any atom is -0.486 e. The first kappa shape index (κ1) is 15.1. The van der Waals surface area contributed by atoms with E-state index in [9.17, 15) is 0 Å². The predicted octanol–water partition coefficient (Wildman–Crippen LogP) is 3.82. The number of benzene rings is 1. The minimum atomic E-state index is 0.388. The molecular formula is C15H19BrN2O2. The molecule has 2 aromatic rings. The van der Waals surface area contributed by atoms with Crippen molar-refractivity contribution in [2.75, 3.05) is 0 Å². The summed E-state index contributed by atoms with van der Waals surface area (Å²) in [4.78, 5) is 0. The standard InChI is InChI=1S/C15H19BrN2O2/c1-10(2)17-8-12-7-13(4-5-15(12)16)19-9-14-6-11(3)18-20-14/h4-7,10,17H,8-9H2,1-3H3. The van der Waals surface area contributed by atoms with Crippen LogP contribution >= 0.6 is 15.9 Å². The van der Waals surface area contributed by atoms with E-state index in [-0.39, 0.29) is 0 Å². The van der Waals surface area contributed by atoms with Gasteiger partial charge in [0.15, 0.2) is 5.76 Å². The Kier molecular flexibility index (Phi) is 5.20. The van der Waals surface area contributed by atoms with E-state index in [0.717, 1.165) is 28.2 Å². The van der Waals surface area contributed by atoms with E-state index < -0.39 is 0 Å². The van der Waals surface area contributed by atoms with Crippen molar-refractivity contribution in [3.8, 4) is 5.75 Å². The zero-order chi connectivity index (χ0) is 14.5. The number of hydrogen-bond acceptors (Lipinski definition) is 4. The van der Waals surface area contributed by atoms with Crippen molar-refractivity contribution in [2.24, 2.45) is 0 Å². The molecule has 0 saturated carbocycles. The van der Waals surface area contributed by atoms with E-state index in [4.69, 9.17) is 9.26 Å². The molecule has 4 nitrogen and oxygen atoms in total. The van der Waals surface area contributed by atoms with Gasteiger partial charge in [-0.15, -0.1) is 0 Å². The Morgan fingerprint density at radius 3 is 2.80 bits per heavy atom. The number of nitrogens with one attached hydrogen (secondary N) is 1. The lowest BCUT2D eigenvalue weighted by atomic mass is 10.2. The summed E-state index contributed by atoms with van der Waals surface area (Å²) >= 11 is 3.56. The first-order chi connectivity index (χ1) is 9.54. The molecule has 0 bridgehead atoms. The van der Waals surface area contributed by atoms with Crippen LogP contribution in [0.15, 0.2) is 33.3 Å². The first-order valence-corrected chi connectivity index (χ1v) is 7.40. The van der Waals surface area contributed by atoms with Gasteiger partial charge in [0.05, 0.1) is 5.69 Å². The van der Waals surface area contributed by atoms with Gasteiger partial charge in [0.2, 0.25) is 0 Å². The van der Waals surface area contributed by atoms with Crippen molar-refractivity contribution in [2.45, 2.75) is 40.0 Å². The van der Waals surface area contributed by atoms with Crippen molar-refractivity contribution in [1.29, 1.82) is 0 Å². The largest absolute Gasteiger partial charge is 0.486 e. The molecule has 1 heterocycles. The Morgan fingerprint density at radius 2 is 2.15 bits per heavy atom. The molecule has 1 N–H and O–H groups in total. The number of nitrogens with zero attached hydrogens (tertiary/aromatic N) is 1. The number of rotatable bonds is 6. The minimum absolute atomic E-state index is 0.388. The van der Waals surface area contributed by atoms with Crippen LogP contribution in [-0.4, -0.2) is 11.2 Å². The van der Waals surface area contributed by atoms with Crippen molar-refractivity contribution < 1.29 is 9.26 Å². The molecule has 0 unspecified atom stereocenters. The van der Waals surface area contributed by atoms with E-state index in [2.05, 4.69) is 40.3 Å². The van der Waals surface area contributed by atoms with Gasteiger partial charge in [0, 0.05) is 23.1 Å². The van der Waals surface area contributed by atoms with Gasteiger partial charge in [0.1, 0.15) is 12.4 Å². The molecule has 1 aromatic heterocycles. The Bertz CT molecular complexity index is 567. The second-order valence-electron chi connectivity index (χ2n) is 5.01. The summed E-state index contributed by atoms with van der Waals surface area (Å²) in [5.74, 6) is 1.55. The van der Waals surface area contributed by atoms with E-state index in [1.54, 1.807) is 0 Å². The quantitative estimate of drug-likeness (QED) is 0.869. The van der Waals surface area contributed by atoms with Crippen molar-refractivity contribution >= 4 is 15.9 Å². The maximum absolute atomic E-state index is 5.73. The summed E-state index contributed by atoms with van der Waals surface area (Å²) in [6.45, 7) is 7.33. The molecule has 2 rings (SSSR count). The Hall–Kier alpha value is -1.33. The fraction of sp³-hybridized carbons (Fsp3) is 0.400. The van der Waals surface area contributed by atoms with Crippen LogP contribution < -0.4 is 10.1 Å². The van der Waals surface area contributed by atoms with E-state index in [0.29, 0.717) is 12.6 Å². The zero-order valence-corrected chi connectivity index (χ0v) is 13.5. The third-order valence-corrected chi connectivity index (χ3v) is 3.55. The maximum atomic E-state index is 5.73. The van der Waals surface area contributed by atoms with Gasteiger partial charge in [-0.3, -0.25) is 0 Å². The number of ether oxygens (including phenoxy) is 1. The van der Waals surface area contributed by atoms with Crippen LogP contribution in [0.5, 0.6) is 5.75 Å². The number of aryl methyl sites for hydroxylation is 1. The highest BCUT2D eigenvalue weighted by molar-refractivity contribution is 9.10. The maximum Gasteiger partial charge on any atom is 0.174 e. The molecule has 5 heteroatoms. The van der Waals surface area contributed by atoms with Crippen molar-refractivity contribution in [3.05, 3.63) is 45.8 Å². The Morgan fingerprint density at radius 1 is 1.35 bits per heavy atom. The smallest absolute Gasteiger partial charge is 0.174 e. The molecule has 0 aliphatic heterocycles. The fourth-order valence-electron chi connectivity index (χ4n) is 1.73. The highest BCUT2D eigenvalue weighted by Crippen LogP contribution is 2.23. The number of halogens is 1. The predicted molar refractivity (Wildman–Crippen MR) is 81.7 cm³/mol. The molecule has 1 aromatic carbocycles. The highest BCUT2D eigenvalue weighted by atomic mass is 79.9. The Balaban J connectivity index is 1.99. The van der Waals surface area contributed by atoms with Gasteiger partial charge >= 0.3 is 0 Å². The number of aromatic nitrogens is 1. The van der Waals surface area contributed by atoms with Crippen LogP contribution in [0, 0.1) is 6.92 Å². The number of hydrogen-bond donors (Lipinski definition) is 1. The summed E-state index contributed by atoms with van der Waals surface area (Å²) in [5, 5.41) is 7.23. The van der Waals surface area contributed by atoms with E-state index in [1.165, 1.54) is 5.56 Å². The van der Waals surface area contributed by atoms with Crippen LogP contribution in [0.4, 0.5) is 0 Å².